The summed E-state index contributed by atoms with van der Waals surface area (Å²) < 4.78 is 1.43. The van der Waals surface area contributed by atoms with Gasteiger partial charge in [0.1, 0.15) is 17.8 Å². The predicted molar refractivity (Wildman–Crippen MR) is 109 cm³/mol. The first-order valence-electron chi connectivity index (χ1n) is 9.84. The Kier molecular flexibility index (Phi) is 6.07. The van der Waals surface area contributed by atoms with Crippen molar-refractivity contribution in [1.82, 2.24) is 30.2 Å². The number of carboxylic acid groups (broad SMARTS) is 1. The predicted octanol–water partition coefficient (Wildman–Crippen LogP) is 0.333. The number of pyridine rings is 1. The molecule has 3 rings (SSSR count). The average Bonchev–Trinajstić information content (AvgIpc) is 3.33. The Hall–Kier alpha value is -3.34. The van der Waals surface area contributed by atoms with E-state index in [-0.39, 0.29) is 30.3 Å². The maximum absolute atomic E-state index is 13.5. The van der Waals surface area contributed by atoms with E-state index in [1.54, 1.807) is 6.20 Å². The molecule has 1 fully saturated rings. The molecule has 11 nitrogen and oxygen atoms in total. The second-order valence-electron chi connectivity index (χ2n) is 8.60. The highest BCUT2D eigenvalue weighted by molar-refractivity contribution is 5.90. The standard InChI is InChI=1S/C20H26N6O5/c1-20(2,3)16(18(29)25-9-12(27)7-15(25)17(28)21-4)26-10-14(23-24-26)13-6-5-11(8-22-13)19(30)31/h5-6,8,10,12,15-16,27H,7,9H2,1-4H3,(H,21,28)(H,30,31)/t12-,15+,16-/m1/s1. The molecule has 0 aliphatic carbocycles. The Morgan fingerprint density at radius 3 is 2.48 bits per heavy atom. The van der Waals surface area contributed by atoms with Gasteiger partial charge in [0.2, 0.25) is 11.8 Å². The van der Waals surface area contributed by atoms with Gasteiger partial charge < -0.3 is 20.4 Å². The molecule has 2 aromatic rings. The number of carbonyl (C=O) groups excluding carboxylic acids is 2. The monoisotopic (exact) mass is 430 g/mol. The molecule has 1 aliphatic rings. The second kappa shape index (κ2) is 8.42. The summed E-state index contributed by atoms with van der Waals surface area (Å²) in [6.45, 7) is 5.68. The maximum atomic E-state index is 13.5. The van der Waals surface area contributed by atoms with Crippen LogP contribution < -0.4 is 5.32 Å². The molecule has 11 heteroatoms. The summed E-state index contributed by atoms with van der Waals surface area (Å²) in [5.41, 5.74) is 0.259. The van der Waals surface area contributed by atoms with Crippen LogP contribution in [0.15, 0.2) is 24.5 Å². The van der Waals surface area contributed by atoms with Crippen molar-refractivity contribution in [2.24, 2.45) is 5.41 Å². The Balaban J connectivity index is 1.93. The third-order valence-corrected chi connectivity index (χ3v) is 5.21. The van der Waals surface area contributed by atoms with E-state index in [0.717, 1.165) is 0 Å². The first kappa shape index (κ1) is 22.3. The van der Waals surface area contributed by atoms with E-state index in [9.17, 15) is 19.5 Å². The summed E-state index contributed by atoms with van der Waals surface area (Å²) in [6.07, 6.45) is 2.18. The maximum Gasteiger partial charge on any atom is 0.337 e. The Morgan fingerprint density at radius 1 is 1.23 bits per heavy atom. The number of rotatable bonds is 5. The topological polar surface area (TPSA) is 151 Å². The van der Waals surface area contributed by atoms with E-state index >= 15 is 0 Å². The van der Waals surface area contributed by atoms with Crippen molar-refractivity contribution in [2.45, 2.75) is 45.4 Å². The van der Waals surface area contributed by atoms with Crippen LogP contribution in [-0.4, -0.2) is 78.6 Å². The smallest absolute Gasteiger partial charge is 0.337 e. The molecule has 1 aliphatic heterocycles. The fourth-order valence-corrected chi connectivity index (χ4v) is 3.70. The number of carbonyl (C=O) groups is 3. The summed E-state index contributed by atoms with van der Waals surface area (Å²) in [6, 6.07) is 1.38. The van der Waals surface area contributed by atoms with Gasteiger partial charge >= 0.3 is 5.97 Å². The van der Waals surface area contributed by atoms with Gasteiger partial charge in [-0.1, -0.05) is 26.0 Å². The average molecular weight is 430 g/mol. The lowest BCUT2D eigenvalue weighted by Gasteiger charge is -2.34. The summed E-state index contributed by atoms with van der Waals surface area (Å²) in [5.74, 6) is -1.76. The van der Waals surface area contributed by atoms with E-state index in [1.165, 1.54) is 35.0 Å². The lowest BCUT2D eigenvalue weighted by molar-refractivity contribution is -0.144. The molecule has 3 heterocycles. The molecule has 0 spiro atoms. The number of nitrogens with zero attached hydrogens (tertiary/aromatic N) is 5. The lowest BCUT2D eigenvalue weighted by Crippen LogP contribution is -2.49. The number of aliphatic hydroxyl groups excluding tert-OH is 1. The summed E-state index contributed by atoms with van der Waals surface area (Å²) in [5, 5.41) is 29.8. The number of hydrogen-bond donors (Lipinski definition) is 3. The van der Waals surface area contributed by atoms with Crippen LogP contribution in [0.2, 0.25) is 0 Å². The van der Waals surface area contributed by atoms with Gasteiger partial charge in [0, 0.05) is 26.2 Å². The molecule has 2 amide bonds. The molecule has 0 radical (unpaired) electrons. The number of hydrogen-bond acceptors (Lipinski definition) is 7. The molecule has 0 bridgehead atoms. The van der Waals surface area contributed by atoms with Crippen molar-refractivity contribution in [3.8, 4) is 11.4 Å². The third-order valence-electron chi connectivity index (χ3n) is 5.21. The zero-order valence-electron chi connectivity index (χ0n) is 17.8. The van der Waals surface area contributed by atoms with Gasteiger partial charge in [-0.15, -0.1) is 5.10 Å². The highest BCUT2D eigenvalue weighted by Crippen LogP contribution is 2.34. The molecular formula is C20H26N6O5. The van der Waals surface area contributed by atoms with E-state index in [0.29, 0.717) is 11.4 Å². The molecular weight excluding hydrogens is 404 g/mol. The molecule has 0 aromatic carbocycles. The molecule has 3 atom stereocenters. The van der Waals surface area contributed by atoms with Crippen LogP contribution in [0.25, 0.3) is 11.4 Å². The fourth-order valence-electron chi connectivity index (χ4n) is 3.70. The summed E-state index contributed by atoms with van der Waals surface area (Å²) in [7, 11) is 1.49. The second-order valence-corrected chi connectivity index (χ2v) is 8.60. The number of amides is 2. The molecule has 166 valence electrons. The van der Waals surface area contributed by atoms with Crippen molar-refractivity contribution in [3.63, 3.8) is 0 Å². The summed E-state index contributed by atoms with van der Waals surface area (Å²) >= 11 is 0. The van der Waals surface area contributed by atoms with Crippen LogP contribution in [0.5, 0.6) is 0 Å². The Morgan fingerprint density at radius 2 is 1.94 bits per heavy atom. The highest BCUT2D eigenvalue weighted by Gasteiger charge is 2.45. The molecule has 31 heavy (non-hydrogen) atoms. The first-order valence-corrected chi connectivity index (χ1v) is 9.84. The number of carboxylic acids is 1. The normalized spacial score (nSPS) is 19.8. The van der Waals surface area contributed by atoms with Crippen LogP contribution in [0.3, 0.4) is 0 Å². The number of nitrogens with one attached hydrogen (secondary N) is 1. The van der Waals surface area contributed by atoms with Crippen molar-refractivity contribution in [2.75, 3.05) is 13.6 Å². The van der Waals surface area contributed by atoms with Crippen LogP contribution >= 0.6 is 0 Å². The van der Waals surface area contributed by atoms with E-state index in [4.69, 9.17) is 5.11 Å². The van der Waals surface area contributed by atoms with Crippen molar-refractivity contribution < 1.29 is 24.6 Å². The minimum atomic E-state index is -1.08. The number of aromatic carboxylic acids is 1. The first-order chi connectivity index (χ1) is 14.5. The van der Waals surface area contributed by atoms with Gasteiger partial charge in [0.25, 0.3) is 0 Å². The van der Waals surface area contributed by atoms with Gasteiger partial charge in [-0.3, -0.25) is 14.6 Å². The fraction of sp³-hybridized carbons (Fsp3) is 0.500. The van der Waals surface area contributed by atoms with E-state index in [1.807, 2.05) is 20.8 Å². The van der Waals surface area contributed by atoms with Gasteiger partial charge in [0.15, 0.2) is 0 Å². The van der Waals surface area contributed by atoms with Crippen molar-refractivity contribution >= 4 is 17.8 Å². The highest BCUT2D eigenvalue weighted by atomic mass is 16.4. The molecule has 3 N–H and O–H groups in total. The summed E-state index contributed by atoms with van der Waals surface area (Å²) in [4.78, 5) is 42.3. The number of aromatic nitrogens is 4. The number of likely N-dealkylation sites (tertiary alicyclic amines) is 1. The molecule has 2 aromatic heterocycles. The zero-order valence-corrected chi connectivity index (χ0v) is 17.8. The molecule has 0 saturated carbocycles. The van der Waals surface area contributed by atoms with Gasteiger partial charge in [-0.2, -0.15) is 0 Å². The Bertz CT molecular complexity index is 981. The van der Waals surface area contributed by atoms with Crippen molar-refractivity contribution in [3.05, 3.63) is 30.1 Å². The quantitative estimate of drug-likeness (QED) is 0.614. The van der Waals surface area contributed by atoms with Gasteiger partial charge in [-0.25, -0.2) is 9.48 Å². The van der Waals surface area contributed by atoms with Crippen LogP contribution in [0.1, 0.15) is 43.6 Å². The molecule has 1 saturated heterocycles. The molecule has 0 unspecified atom stereocenters. The lowest BCUT2D eigenvalue weighted by atomic mass is 9.85. The Labute approximate surface area is 179 Å². The van der Waals surface area contributed by atoms with Gasteiger partial charge in [0.05, 0.1) is 23.6 Å². The van der Waals surface area contributed by atoms with Crippen LogP contribution in [0, 0.1) is 5.41 Å². The number of β-amino-alcohol motifs (C(OH)–C–C–N with tert-alkyl or cyclic N) is 1. The third kappa shape index (κ3) is 4.55. The van der Waals surface area contributed by atoms with E-state index < -0.39 is 29.6 Å². The van der Waals surface area contributed by atoms with Crippen molar-refractivity contribution in [1.29, 1.82) is 0 Å². The largest absolute Gasteiger partial charge is 0.478 e. The van der Waals surface area contributed by atoms with E-state index in [2.05, 4.69) is 20.6 Å². The minimum Gasteiger partial charge on any atom is -0.478 e. The number of aliphatic hydroxyl groups is 1. The van der Waals surface area contributed by atoms with Gasteiger partial charge in [-0.05, 0) is 17.5 Å². The van der Waals surface area contributed by atoms with Crippen LogP contribution in [0.4, 0.5) is 0 Å². The zero-order chi connectivity index (χ0) is 22.9. The van der Waals surface area contributed by atoms with Crippen LogP contribution in [-0.2, 0) is 9.59 Å². The minimum absolute atomic E-state index is 0.0479. The number of likely N-dealkylation sites (N-methyl/N-ethyl adjacent to an activating group) is 1. The SMILES string of the molecule is CNC(=O)[C@@H]1C[C@@H](O)CN1C(=O)[C@@H](n1cc(-c2ccc(C(=O)O)cn2)nn1)C(C)(C)C.